The van der Waals surface area contributed by atoms with Gasteiger partial charge in [-0.3, -0.25) is 9.80 Å². The molecule has 1 aromatic carbocycles. The van der Waals surface area contributed by atoms with Crippen LogP contribution < -0.4 is 4.90 Å². The number of carbonyl (C=O) groups excluding carboxylic acids is 1. The molecular formula is C20H19F3N2O2S. The molecule has 2 aromatic rings. The van der Waals surface area contributed by atoms with Gasteiger partial charge in [0.25, 0.3) is 0 Å². The van der Waals surface area contributed by atoms with E-state index in [-0.39, 0.29) is 6.09 Å². The highest BCUT2D eigenvalue weighted by molar-refractivity contribution is 7.19. The molecule has 1 amide bonds. The Hall–Kier alpha value is -2.06. The number of thiophene rings is 1. The van der Waals surface area contributed by atoms with Gasteiger partial charge in [0.05, 0.1) is 12.1 Å². The molecule has 2 bridgehead atoms. The summed E-state index contributed by atoms with van der Waals surface area (Å²) >= 11 is 1.40. The monoisotopic (exact) mass is 408 g/mol. The summed E-state index contributed by atoms with van der Waals surface area (Å²) in [7, 11) is 0. The Morgan fingerprint density at radius 3 is 2.36 bits per heavy atom. The van der Waals surface area contributed by atoms with Gasteiger partial charge < -0.3 is 4.74 Å². The van der Waals surface area contributed by atoms with Crippen molar-refractivity contribution in [3.8, 4) is 10.4 Å². The van der Waals surface area contributed by atoms with Crippen LogP contribution in [0.3, 0.4) is 0 Å². The highest BCUT2D eigenvalue weighted by Crippen LogP contribution is 2.45. The highest BCUT2D eigenvalue weighted by Gasteiger charge is 2.55. The molecule has 4 saturated heterocycles. The maximum atomic E-state index is 12.8. The molecule has 6 rings (SSSR count). The lowest BCUT2D eigenvalue weighted by atomic mass is 9.75. The average molecular weight is 408 g/mol. The Labute approximate surface area is 164 Å². The lowest BCUT2D eigenvalue weighted by Gasteiger charge is -2.49. The smallest absolute Gasteiger partial charge is 0.416 e. The van der Waals surface area contributed by atoms with E-state index in [1.54, 1.807) is 4.90 Å². The number of ether oxygens (including phenoxy) is 1. The Kier molecular flexibility index (Phi) is 4.00. The predicted molar refractivity (Wildman–Crippen MR) is 100 cm³/mol. The van der Waals surface area contributed by atoms with E-state index in [9.17, 15) is 18.0 Å². The first-order valence-electron chi connectivity index (χ1n) is 9.34. The van der Waals surface area contributed by atoms with Crippen molar-refractivity contribution < 1.29 is 22.7 Å². The molecular weight excluding hydrogens is 389 g/mol. The molecule has 1 aromatic heterocycles. The van der Waals surface area contributed by atoms with Gasteiger partial charge in [-0.25, -0.2) is 4.79 Å². The Bertz CT molecular complexity index is 903. The number of anilines is 1. The number of halogens is 3. The third-order valence-corrected chi connectivity index (χ3v) is 7.27. The molecule has 4 fully saturated rings. The van der Waals surface area contributed by atoms with Gasteiger partial charge in [-0.15, -0.1) is 11.3 Å². The molecule has 4 aliphatic heterocycles. The van der Waals surface area contributed by atoms with E-state index >= 15 is 0 Å². The number of carbonyl (C=O) groups is 1. The van der Waals surface area contributed by atoms with Crippen molar-refractivity contribution in [1.82, 2.24) is 4.90 Å². The second kappa shape index (κ2) is 6.22. The zero-order valence-electron chi connectivity index (χ0n) is 15.0. The molecule has 0 N–H and O–H groups in total. The SMILES string of the molecule is O=C1O[C@@]2(CN3CCC2CC3)CN1c1ccc(-c2ccc(C(F)(F)F)cc2)s1. The van der Waals surface area contributed by atoms with E-state index in [1.807, 2.05) is 12.1 Å². The van der Waals surface area contributed by atoms with E-state index in [2.05, 4.69) is 4.90 Å². The van der Waals surface area contributed by atoms with Crippen molar-refractivity contribution >= 4 is 22.4 Å². The largest absolute Gasteiger partial charge is 0.439 e. The molecule has 0 saturated carbocycles. The van der Waals surface area contributed by atoms with Gasteiger partial charge in [0.15, 0.2) is 0 Å². The summed E-state index contributed by atoms with van der Waals surface area (Å²) in [5, 5.41) is 0.771. The summed E-state index contributed by atoms with van der Waals surface area (Å²) in [6.07, 6.45) is -2.55. The standard InChI is InChI=1S/C20H19F3N2O2S/c21-20(22,23)15-3-1-13(2-4-15)16-5-6-17(28-16)25-12-19(27-18(25)26)11-24-9-7-14(19)8-10-24/h1-6,14H,7-12H2/t19-/m0/s1. The minimum atomic E-state index is -4.35. The van der Waals surface area contributed by atoms with Crippen LogP contribution in [0.4, 0.5) is 23.0 Å². The van der Waals surface area contributed by atoms with Gasteiger partial charge in [0.2, 0.25) is 0 Å². The first kappa shape index (κ1) is 18.0. The zero-order valence-corrected chi connectivity index (χ0v) is 15.9. The van der Waals surface area contributed by atoms with Crippen molar-refractivity contribution in [1.29, 1.82) is 0 Å². The van der Waals surface area contributed by atoms with Crippen LogP contribution in [0.2, 0.25) is 0 Å². The van der Waals surface area contributed by atoms with Crippen LogP contribution in [0.15, 0.2) is 36.4 Å². The molecule has 0 unspecified atom stereocenters. The quantitative estimate of drug-likeness (QED) is 0.712. The predicted octanol–water partition coefficient (Wildman–Crippen LogP) is 4.85. The van der Waals surface area contributed by atoms with Crippen LogP contribution in [0.5, 0.6) is 0 Å². The fraction of sp³-hybridized carbons (Fsp3) is 0.450. The van der Waals surface area contributed by atoms with Crippen LogP contribution in [0, 0.1) is 5.92 Å². The Morgan fingerprint density at radius 2 is 1.75 bits per heavy atom. The van der Waals surface area contributed by atoms with Gasteiger partial charge in [-0.1, -0.05) is 12.1 Å². The van der Waals surface area contributed by atoms with E-state index in [1.165, 1.54) is 23.5 Å². The highest BCUT2D eigenvalue weighted by atomic mass is 32.1. The van der Waals surface area contributed by atoms with Crippen LogP contribution in [0.1, 0.15) is 18.4 Å². The fourth-order valence-corrected chi connectivity index (χ4v) is 5.63. The topological polar surface area (TPSA) is 32.8 Å². The number of rotatable bonds is 2. The maximum Gasteiger partial charge on any atom is 0.416 e. The van der Waals surface area contributed by atoms with Crippen molar-refractivity contribution in [3.05, 3.63) is 42.0 Å². The lowest BCUT2D eigenvalue weighted by Crippen LogP contribution is -2.61. The molecule has 1 atom stereocenters. The van der Waals surface area contributed by atoms with Crippen molar-refractivity contribution in [3.63, 3.8) is 0 Å². The summed E-state index contributed by atoms with van der Waals surface area (Å²) in [6.45, 7) is 3.47. The summed E-state index contributed by atoms with van der Waals surface area (Å²) in [6, 6.07) is 8.80. The van der Waals surface area contributed by atoms with Gasteiger partial charge in [-0.05, 0) is 55.8 Å². The van der Waals surface area contributed by atoms with Crippen LogP contribution in [-0.4, -0.2) is 42.8 Å². The second-order valence-electron chi connectivity index (χ2n) is 7.78. The summed E-state index contributed by atoms with van der Waals surface area (Å²) in [5.74, 6) is 0.404. The normalized spacial score (nSPS) is 29.5. The summed E-state index contributed by atoms with van der Waals surface area (Å²) in [5.41, 5.74) is -0.388. The summed E-state index contributed by atoms with van der Waals surface area (Å²) in [4.78, 5) is 17.5. The fourth-order valence-electron chi connectivity index (χ4n) is 4.63. The zero-order chi connectivity index (χ0) is 19.5. The minimum Gasteiger partial charge on any atom is -0.439 e. The Morgan fingerprint density at radius 1 is 1.04 bits per heavy atom. The molecule has 28 heavy (non-hydrogen) atoms. The van der Waals surface area contributed by atoms with E-state index < -0.39 is 17.3 Å². The first-order chi connectivity index (χ1) is 13.3. The number of hydrogen-bond acceptors (Lipinski definition) is 4. The number of nitrogens with zero attached hydrogens (tertiary/aromatic N) is 2. The second-order valence-corrected chi connectivity index (χ2v) is 8.84. The number of piperidine rings is 3. The molecule has 5 heterocycles. The molecule has 8 heteroatoms. The van der Waals surface area contributed by atoms with E-state index in [4.69, 9.17) is 4.74 Å². The summed E-state index contributed by atoms with van der Waals surface area (Å²) < 4.78 is 44.1. The van der Waals surface area contributed by atoms with Gasteiger partial charge in [0.1, 0.15) is 10.6 Å². The van der Waals surface area contributed by atoms with Crippen LogP contribution >= 0.6 is 11.3 Å². The molecule has 4 aliphatic rings. The van der Waals surface area contributed by atoms with Gasteiger partial charge >= 0.3 is 12.3 Å². The number of hydrogen-bond donors (Lipinski definition) is 0. The third-order valence-electron chi connectivity index (χ3n) is 6.11. The number of benzene rings is 1. The van der Waals surface area contributed by atoms with E-state index in [0.29, 0.717) is 18.0 Å². The molecule has 148 valence electrons. The molecule has 0 aliphatic carbocycles. The van der Waals surface area contributed by atoms with E-state index in [0.717, 1.165) is 54.5 Å². The molecule has 0 radical (unpaired) electrons. The molecule has 1 spiro atoms. The third kappa shape index (κ3) is 2.90. The molecule has 4 nitrogen and oxygen atoms in total. The first-order valence-corrected chi connectivity index (χ1v) is 10.2. The van der Waals surface area contributed by atoms with Gasteiger partial charge in [-0.2, -0.15) is 13.2 Å². The average Bonchev–Trinajstić information content (AvgIpc) is 3.27. The number of fused-ring (bicyclic) bond motifs is 2. The Balaban J connectivity index is 1.37. The minimum absolute atomic E-state index is 0.324. The van der Waals surface area contributed by atoms with Crippen LogP contribution in [-0.2, 0) is 10.9 Å². The van der Waals surface area contributed by atoms with Gasteiger partial charge in [0, 0.05) is 17.3 Å². The number of alkyl halides is 3. The van der Waals surface area contributed by atoms with Crippen molar-refractivity contribution in [2.24, 2.45) is 5.92 Å². The lowest BCUT2D eigenvalue weighted by molar-refractivity contribution is -0.137. The number of amides is 1. The van der Waals surface area contributed by atoms with Crippen molar-refractivity contribution in [2.45, 2.75) is 24.6 Å². The van der Waals surface area contributed by atoms with Crippen molar-refractivity contribution in [2.75, 3.05) is 31.1 Å². The van der Waals surface area contributed by atoms with Crippen LogP contribution in [0.25, 0.3) is 10.4 Å². The maximum absolute atomic E-state index is 12.8.